The molecule has 2 N–H and O–H groups in total. The molecule has 1 aliphatic rings. The van der Waals surface area contributed by atoms with E-state index in [9.17, 15) is 4.79 Å². The molecule has 1 amide bonds. The highest BCUT2D eigenvalue weighted by Crippen LogP contribution is 2.27. The van der Waals surface area contributed by atoms with Crippen molar-refractivity contribution in [2.45, 2.75) is 25.4 Å². The second-order valence-corrected chi connectivity index (χ2v) is 5.84. The molecule has 3 rings (SSSR count). The minimum absolute atomic E-state index is 0.285. The number of likely N-dealkylation sites (tertiary alicyclic amines) is 1. The molecular weight excluding hydrogens is 278 g/mol. The number of carbonyl (C=O) groups is 1. The number of nitrogens with two attached hydrogens (primary N) is 1. The van der Waals surface area contributed by atoms with Crippen molar-refractivity contribution in [3.8, 4) is 0 Å². The topological polar surface area (TPSA) is 77.0 Å². The summed E-state index contributed by atoms with van der Waals surface area (Å²) in [6, 6.07) is 9.43. The lowest BCUT2D eigenvalue weighted by atomic mass is 9.94. The first-order valence-electron chi connectivity index (χ1n) is 7.65. The highest BCUT2D eigenvalue weighted by Gasteiger charge is 2.30. The Morgan fingerprint density at radius 1 is 1.36 bits per heavy atom. The lowest BCUT2D eigenvalue weighted by Gasteiger charge is -2.37. The Hall–Kier alpha value is -2.21. The first-order chi connectivity index (χ1) is 10.7. The van der Waals surface area contributed by atoms with Gasteiger partial charge in [0.1, 0.15) is 18.7 Å². The summed E-state index contributed by atoms with van der Waals surface area (Å²) in [4.78, 5) is 18.2. The van der Waals surface area contributed by atoms with Crippen LogP contribution in [0.3, 0.4) is 0 Å². The van der Waals surface area contributed by atoms with Crippen molar-refractivity contribution in [3.63, 3.8) is 0 Å². The number of aromatic nitrogens is 3. The lowest BCUT2D eigenvalue weighted by molar-refractivity contribution is -0.124. The van der Waals surface area contributed by atoms with Gasteiger partial charge in [-0.1, -0.05) is 30.3 Å². The third-order valence-corrected chi connectivity index (χ3v) is 4.21. The van der Waals surface area contributed by atoms with Crippen LogP contribution in [0.1, 0.15) is 24.4 Å². The first kappa shape index (κ1) is 14.7. The number of rotatable bonds is 5. The minimum atomic E-state index is -0.347. The minimum Gasteiger partial charge on any atom is -0.368 e. The van der Waals surface area contributed by atoms with E-state index in [1.165, 1.54) is 0 Å². The third-order valence-electron chi connectivity index (χ3n) is 4.21. The molecule has 2 aromatic rings. The van der Waals surface area contributed by atoms with Crippen molar-refractivity contribution in [2.75, 3.05) is 13.1 Å². The predicted molar refractivity (Wildman–Crippen MR) is 82.7 cm³/mol. The molecule has 1 saturated heterocycles. The van der Waals surface area contributed by atoms with Gasteiger partial charge in [-0.3, -0.25) is 14.4 Å². The van der Waals surface area contributed by atoms with E-state index in [0.717, 1.165) is 38.0 Å². The molecule has 6 nitrogen and oxygen atoms in total. The second kappa shape index (κ2) is 6.70. The fraction of sp³-hybridized carbons (Fsp3) is 0.438. The monoisotopic (exact) mass is 299 g/mol. The molecule has 0 radical (unpaired) electrons. The fourth-order valence-electron chi connectivity index (χ4n) is 3.26. The molecule has 2 heterocycles. The van der Waals surface area contributed by atoms with Crippen molar-refractivity contribution in [3.05, 3.63) is 48.5 Å². The van der Waals surface area contributed by atoms with Crippen molar-refractivity contribution in [1.29, 1.82) is 0 Å². The van der Waals surface area contributed by atoms with Gasteiger partial charge in [-0.25, -0.2) is 4.98 Å². The van der Waals surface area contributed by atoms with E-state index >= 15 is 0 Å². The maximum absolute atomic E-state index is 12.0. The number of amides is 1. The lowest BCUT2D eigenvalue weighted by Crippen LogP contribution is -2.44. The molecule has 6 heteroatoms. The summed E-state index contributed by atoms with van der Waals surface area (Å²) < 4.78 is 1.86. The second-order valence-electron chi connectivity index (χ2n) is 5.84. The van der Waals surface area contributed by atoms with Crippen molar-refractivity contribution < 1.29 is 4.79 Å². The highest BCUT2D eigenvalue weighted by atomic mass is 16.1. The Balaban J connectivity index is 1.73. The van der Waals surface area contributed by atoms with Gasteiger partial charge in [0.2, 0.25) is 5.91 Å². The van der Waals surface area contributed by atoms with Crippen LogP contribution in [0.4, 0.5) is 0 Å². The summed E-state index contributed by atoms with van der Waals surface area (Å²) in [6.07, 6.45) is 5.49. The number of hydrogen-bond acceptors (Lipinski definition) is 4. The van der Waals surface area contributed by atoms with Crippen LogP contribution in [0.25, 0.3) is 0 Å². The van der Waals surface area contributed by atoms with Crippen LogP contribution in [0, 0.1) is 5.92 Å². The third kappa shape index (κ3) is 3.33. The first-order valence-corrected chi connectivity index (χ1v) is 7.65. The number of carbonyl (C=O) groups excluding carboxylic acids is 1. The number of benzene rings is 1. The van der Waals surface area contributed by atoms with Crippen LogP contribution < -0.4 is 5.73 Å². The highest BCUT2D eigenvalue weighted by molar-refractivity contribution is 5.81. The van der Waals surface area contributed by atoms with Crippen molar-refractivity contribution >= 4 is 5.91 Å². The molecule has 0 saturated carbocycles. The Kier molecular flexibility index (Phi) is 4.48. The summed E-state index contributed by atoms with van der Waals surface area (Å²) in [7, 11) is 0. The molecular formula is C16H21N5O. The summed E-state index contributed by atoms with van der Waals surface area (Å²) in [6.45, 7) is 2.58. The van der Waals surface area contributed by atoms with Crippen molar-refractivity contribution in [1.82, 2.24) is 19.7 Å². The normalized spacial score (nSPS) is 20.6. The number of piperidine rings is 1. The van der Waals surface area contributed by atoms with Crippen LogP contribution in [0.5, 0.6) is 0 Å². The zero-order valence-corrected chi connectivity index (χ0v) is 12.5. The number of hydrogen-bond donors (Lipinski definition) is 1. The zero-order chi connectivity index (χ0) is 15.4. The Morgan fingerprint density at radius 2 is 2.18 bits per heavy atom. The zero-order valence-electron chi connectivity index (χ0n) is 12.5. The summed E-state index contributed by atoms with van der Waals surface area (Å²) in [5, 5.41) is 4.17. The maximum Gasteiger partial charge on any atom is 0.239 e. The average Bonchev–Trinajstić information content (AvgIpc) is 3.01. The molecule has 1 fully saturated rings. The van der Waals surface area contributed by atoms with E-state index < -0.39 is 0 Å². The average molecular weight is 299 g/mol. The largest absolute Gasteiger partial charge is 0.368 e. The van der Waals surface area contributed by atoms with Gasteiger partial charge in [0.15, 0.2) is 0 Å². The van der Waals surface area contributed by atoms with Crippen LogP contribution in [0.15, 0.2) is 43.0 Å². The predicted octanol–water partition coefficient (Wildman–Crippen LogP) is 1.22. The van der Waals surface area contributed by atoms with Crippen molar-refractivity contribution in [2.24, 2.45) is 11.7 Å². The fourth-order valence-corrected chi connectivity index (χ4v) is 3.26. The van der Waals surface area contributed by atoms with Gasteiger partial charge in [-0.05, 0) is 30.9 Å². The maximum atomic E-state index is 12.0. The van der Waals surface area contributed by atoms with E-state index in [1.807, 2.05) is 35.0 Å². The van der Waals surface area contributed by atoms with Gasteiger partial charge in [-0.2, -0.15) is 5.10 Å². The molecule has 1 aromatic carbocycles. The summed E-state index contributed by atoms with van der Waals surface area (Å²) >= 11 is 0. The van der Waals surface area contributed by atoms with Gasteiger partial charge in [0, 0.05) is 13.1 Å². The van der Waals surface area contributed by atoms with E-state index in [4.69, 9.17) is 5.73 Å². The number of nitrogens with zero attached hydrogens (tertiary/aromatic N) is 4. The smallest absolute Gasteiger partial charge is 0.239 e. The van der Waals surface area contributed by atoms with Crippen LogP contribution in [-0.4, -0.2) is 38.7 Å². The van der Waals surface area contributed by atoms with Crippen LogP contribution in [-0.2, 0) is 11.3 Å². The molecule has 116 valence electrons. The molecule has 0 aliphatic carbocycles. The van der Waals surface area contributed by atoms with E-state index in [1.54, 1.807) is 12.7 Å². The molecule has 0 unspecified atom stereocenters. The Labute approximate surface area is 129 Å². The summed E-state index contributed by atoms with van der Waals surface area (Å²) in [5.41, 5.74) is 6.64. The van der Waals surface area contributed by atoms with Gasteiger partial charge in [-0.15, -0.1) is 0 Å². The van der Waals surface area contributed by atoms with Gasteiger partial charge in [0.25, 0.3) is 0 Å². The van der Waals surface area contributed by atoms with Gasteiger partial charge < -0.3 is 5.73 Å². The molecule has 0 bridgehead atoms. The molecule has 2 atom stereocenters. The molecule has 22 heavy (non-hydrogen) atoms. The SMILES string of the molecule is NC(=O)[C@H](c1ccccc1)N1CCC[C@@H](Cn2cncn2)C1. The molecule has 0 spiro atoms. The number of primary amides is 1. The van der Waals surface area contributed by atoms with E-state index in [0.29, 0.717) is 5.92 Å². The molecule has 1 aromatic heterocycles. The Morgan fingerprint density at radius 3 is 2.86 bits per heavy atom. The van der Waals surface area contributed by atoms with Crippen LogP contribution >= 0.6 is 0 Å². The molecule has 1 aliphatic heterocycles. The van der Waals surface area contributed by atoms with E-state index in [-0.39, 0.29) is 11.9 Å². The summed E-state index contributed by atoms with van der Waals surface area (Å²) in [5.74, 6) is 0.175. The Bertz CT molecular complexity index is 598. The van der Waals surface area contributed by atoms with E-state index in [2.05, 4.69) is 15.0 Å². The van der Waals surface area contributed by atoms with Crippen LogP contribution in [0.2, 0.25) is 0 Å². The van der Waals surface area contributed by atoms with Gasteiger partial charge in [0.05, 0.1) is 0 Å². The standard InChI is InChI=1S/C16H21N5O/c17-16(22)15(14-6-2-1-3-7-14)20-8-4-5-13(9-20)10-21-12-18-11-19-21/h1-3,6-7,11-13,15H,4-5,8-10H2,(H2,17,22)/t13-,15+/m1/s1. The van der Waals surface area contributed by atoms with Gasteiger partial charge >= 0.3 is 0 Å². The quantitative estimate of drug-likeness (QED) is 0.900.